The number of hydrogen-bond acceptors (Lipinski definition) is 3. The summed E-state index contributed by atoms with van der Waals surface area (Å²) in [7, 11) is 0. The number of carbonyl (C=O) groups is 1. The first-order valence-corrected chi connectivity index (χ1v) is 18.0. The maximum atomic E-state index is 15.0. The van der Waals surface area contributed by atoms with Gasteiger partial charge < -0.3 is 8.83 Å². The topological polar surface area (TPSA) is 43.4 Å². The molecule has 0 radical (unpaired) electrons. The molecule has 10 aromatic rings. The summed E-state index contributed by atoms with van der Waals surface area (Å²) >= 11 is 0. The van der Waals surface area contributed by atoms with Crippen LogP contribution in [-0.4, -0.2) is 5.78 Å². The van der Waals surface area contributed by atoms with Gasteiger partial charge >= 0.3 is 0 Å². The van der Waals surface area contributed by atoms with Gasteiger partial charge in [0.2, 0.25) is 0 Å². The van der Waals surface area contributed by atoms with Gasteiger partial charge in [0.1, 0.15) is 22.3 Å². The van der Waals surface area contributed by atoms with Crippen LogP contribution in [0.4, 0.5) is 0 Å². The minimum absolute atomic E-state index is 0.0228. The van der Waals surface area contributed by atoms with E-state index in [4.69, 9.17) is 8.83 Å². The van der Waals surface area contributed by atoms with E-state index in [0.717, 1.165) is 77.3 Å². The van der Waals surface area contributed by atoms with E-state index in [1.54, 1.807) is 0 Å². The van der Waals surface area contributed by atoms with Gasteiger partial charge in [0.15, 0.2) is 5.78 Å². The van der Waals surface area contributed by atoms with Gasteiger partial charge in [-0.2, -0.15) is 0 Å². The van der Waals surface area contributed by atoms with Crippen LogP contribution < -0.4 is 0 Å². The normalized spacial score (nSPS) is 13.8. The summed E-state index contributed by atoms with van der Waals surface area (Å²) in [6.45, 7) is 0. The predicted molar refractivity (Wildman–Crippen MR) is 213 cm³/mol. The van der Waals surface area contributed by atoms with Crippen molar-refractivity contribution >= 4 is 49.7 Å². The van der Waals surface area contributed by atoms with Crippen LogP contribution in [0.15, 0.2) is 179 Å². The predicted octanol–water partition coefficient (Wildman–Crippen LogP) is 12.7. The Morgan fingerprint density at radius 3 is 1.43 bits per heavy atom. The monoisotopic (exact) mass is 676 g/mol. The van der Waals surface area contributed by atoms with E-state index in [1.165, 1.54) is 22.3 Å². The van der Waals surface area contributed by atoms with Gasteiger partial charge in [-0.05, 0) is 68.8 Å². The molecular weight excluding hydrogens is 649 g/mol. The quantitative estimate of drug-likeness (QED) is 0.183. The molecule has 2 aliphatic carbocycles. The van der Waals surface area contributed by atoms with Crippen LogP contribution in [0.5, 0.6) is 0 Å². The fourth-order valence-electron chi connectivity index (χ4n) is 9.50. The van der Waals surface area contributed by atoms with E-state index < -0.39 is 5.41 Å². The van der Waals surface area contributed by atoms with Crippen LogP contribution in [0.1, 0.15) is 38.2 Å². The number of rotatable bonds is 2. The zero-order valence-corrected chi connectivity index (χ0v) is 28.4. The Kier molecular flexibility index (Phi) is 5.58. The highest BCUT2D eigenvalue weighted by molar-refractivity contribution is 6.17. The highest BCUT2D eigenvalue weighted by Crippen LogP contribution is 2.60. The van der Waals surface area contributed by atoms with Gasteiger partial charge in [-0.1, -0.05) is 146 Å². The third kappa shape index (κ3) is 3.66. The summed E-state index contributed by atoms with van der Waals surface area (Å²) in [6.07, 6.45) is 0. The Labute approximate surface area is 304 Å². The summed E-state index contributed by atoms with van der Waals surface area (Å²) in [5.41, 5.74) is 14.8. The lowest BCUT2D eigenvalue weighted by atomic mass is 9.60. The van der Waals surface area contributed by atoms with Crippen LogP contribution >= 0.6 is 0 Å². The van der Waals surface area contributed by atoms with Crippen molar-refractivity contribution in [3.8, 4) is 33.4 Å². The van der Waals surface area contributed by atoms with Crippen molar-refractivity contribution in [3.05, 3.63) is 203 Å². The van der Waals surface area contributed by atoms with Crippen molar-refractivity contribution in [2.45, 2.75) is 5.41 Å². The van der Waals surface area contributed by atoms with Crippen LogP contribution in [0.25, 0.3) is 77.3 Å². The zero-order valence-electron chi connectivity index (χ0n) is 28.4. The van der Waals surface area contributed by atoms with Crippen molar-refractivity contribution in [1.82, 2.24) is 0 Å². The minimum atomic E-state index is -0.715. The molecule has 0 bridgehead atoms. The Balaban J connectivity index is 1.15. The fourth-order valence-corrected chi connectivity index (χ4v) is 9.50. The summed E-state index contributed by atoms with van der Waals surface area (Å²) in [5, 5.41) is 4.32. The maximum Gasteiger partial charge on any atom is 0.193 e. The Bertz CT molecular complexity index is 3160. The highest BCUT2D eigenvalue weighted by Gasteiger charge is 2.51. The molecule has 12 rings (SSSR count). The molecule has 2 heterocycles. The molecule has 8 aromatic carbocycles. The number of fused-ring (bicyclic) bond motifs is 15. The summed E-state index contributed by atoms with van der Waals surface area (Å²) in [4.78, 5) is 15.0. The van der Waals surface area contributed by atoms with Crippen LogP contribution in [0, 0.1) is 0 Å². The molecule has 2 aliphatic rings. The smallest absolute Gasteiger partial charge is 0.193 e. The maximum absolute atomic E-state index is 15.0. The average molecular weight is 677 g/mol. The Morgan fingerprint density at radius 2 is 0.811 bits per heavy atom. The van der Waals surface area contributed by atoms with Gasteiger partial charge in [0.25, 0.3) is 0 Å². The molecule has 3 heteroatoms. The van der Waals surface area contributed by atoms with Crippen LogP contribution in [0.2, 0.25) is 0 Å². The third-order valence-electron chi connectivity index (χ3n) is 11.7. The number of para-hydroxylation sites is 4. The largest absolute Gasteiger partial charge is 0.455 e. The van der Waals surface area contributed by atoms with E-state index in [9.17, 15) is 4.79 Å². The first-order chi connectivity index (χ1) is 26.2. The zero-order chi connectivity index (χ0) is 34.8. The number of furan rings is 2. The molecule has 0 saturated carbocycles. The van der Waals surface area contributed by atoms with Gasteiger partial charge in [-0.3, -0.25) is 4.79 Å². The van der Waals surface area contributed by atoms with E-state index >= 15 is 0 Å². The molecule has 0 amide bonds. The fraction of sp³-hybridized carbons (Fsp3) is 0.0200. The van der Waals surface area contributed by atoms with Crippen LogP contribution in [-0.2, 0) is 5.41 Å². The molecule has 0 aliphatic heterocycles. The van der Waals surface area contributed by atoms with Gasteiger partial charge in [0, 0.05) is 43.8 Å². The number of carbonyl (C=O) groups excluding carboxylic acids is 1. The average Bonchev–Trinajstić information content (AvgIpc) is 3.88. The van der Waals surface area contributed by atoms with Crippen LogP contribution in [0.3, 0.4) is 0 Å². The van der Waals surface area contributed by atoms with E-state index in [0.29, 0.717) is 11.1 Å². The van der Waals surface area contributed by atoms with Gasteiger partial charge in [-0.25, -0.2) is 0 Å². The van der Waals surface area contributed by atoms with Crippen molar-refractivity contribution < 1.29 is 13.6 Å². The summed E-state index contributed by atoms with van der Waals surface area (Å²) < 4.78 is 13.0. The molecule has 2 aromatic heterocycles. The first kappa shape index (κ1) is 28.7. The second-order valence-corrected chi connectivity index (χ2v) is 14.3. The lowest BCUT2D eigenvalue weighted by molar-refractivity contribution is 0.103. The standard InChI is InChI=1S/C50H28O3/c51-47-39-25-23-30(32-16-10-18-38-36-14-4-8-22-46(36)53-49(32)38)28-44(39)50(41-19-5-1-11-33(41)34-12-2-6-20-42(34)50)43-26-24-29(27-40(43)47)31-15-9-17-37-35-13-3-7-21-45(35)52-48(31)37/h1-28H. The van der Waals surface area contributed by atoms with E-state index in [1.807, 2.05) is 42.5 Å². The second-order valence-electron chi connectivity index (χ2n) is 14.3. The molecule has 0 atom stereocenters. The first-order valence-electron chi connectivity index (χ1n) is 18.0. The summed E-state index contributed by atoms with van der Waals surface area (Å²) in [5.74, 6) is 0.0228. The lowest BCUT2D eigenvalue weighted by Gasteiger charge is -2.40. The molecule has 0 fully saturated rings. The Morgan fingerprint density at radius 1 is 0.340 bits per heavy atom. The number of benzene rings is 8. The lowest BCUT2D eigenvalue weighted by Crippen LogP contribution is -2.36. The number of ketones is 1. The summed E-state index contributed by atoms with van der Waals surface area (Å²) in [6, 6.07) is 59.2. The second kappa shape index (κ2) is 10.3. The molecule has 1 spiro atoms. The molecule has 0 saturated heterocycles. The third-order valence-corrected chi connectivity index (χ3v) is 11.7. The van der Waals surface area contributed by atoms with E-state index in [2.05, 4.69) is 127 Å². The Hall–Kier alpha value is -6.97. The van der Waals surface area contributed by atoms with Crippen molar-refractivity contribution in [3.63, 3.8) is 0 Å². The van der Waals surface area contributed by atoms with Crippen molar-refractivity contribution in [2.24, 2.45) is 0 Å². The van der Waals surface area contributed by atoms with Gasteiger partial charge in [0.05, 0.1) is 5.41 Å². The highest BCUT2D eigenvalue weighted by atomic mass is 16.3. The minimum Gasteiger partial charge on any atom is -0.455 e. The number of hydrogen-bond donors (Lipinski definition) is 0. The molecule has 3 nitrogen and oxygen atoms in total. The molecule has 53 heavy (non-hydrogen) atoms. The molecule has 0 unspecified atom stereocenters. The SMILES string of the molecule is O=C1c2cc(-c3cccc4c3oc3ccccc34)ccc2C2(c3cc(-c4cccc5c4oc4ccccc45)ccc31)c1ccccc1-c1ccccc12. The molecule has 0 N–H and O–H groups in total. The van der Waals surface area contributed by atoms with E-state index in [-0.39, 0.29) is 5.78 Å². The molecular formula is C50H28O3. The van der Waals surface area contributed by atoms with Crippen molar-refractivity contribution in [2.75, 3.05) is 0 Å². The van der Waals surface area contributed by atoms with Crippen molar-refractivity contribution in [1.29, 1.82) is 0 Å². The van der Waals surface area contributed by atoms with Gasteiger partial charge in [-0.15, -0.1) is 0 Å². The molecule has 246 valence electrons.